The van der Waals surface area contributed by atoms with Crippen molar-refractivity contribution in [3.8, 4) is 0 Å². The van der Waals surface area contributed by atoms with Crippen molar-refractivity contribution >= 4 is 103 Å². The molecule has 0 radical (unpaired) electrons. The van der Waals surface area contributed by atoms with Gasteiger partial charge in [-0.05, 0) is 125 Å². The number of carbonyl (C=O) groups is 2. The Morgan fingerprint density at radius 2 is 1.24 bits per heavy atom. The number of hydrogen-bond acceptors (Lipinski definition) is 5. The lowest BCUT2D eigenvalue weighted by molar-refractivity contribution is 0.0270. The van der Waals surface area contributed by atoms with E-state index in [4.69, 9.17) is 33.1 Å². The predicted octanol–water partition coefficient (Wildman–Crippen LogP) is 9.70. The highest BCUT2D eigenvalue weighted by Gasteiger charge is 2.24. The van der Waals surface area contributed by atoms with Gasteiger partial charge in [-0.25, -0.2) is 27.8 Å². The molecule has 1 saturated carbocycles. The molecular weight excluding hydrogens is 867 g/mol. The largest absolute Gasteiger partial charge is 0.478 e. The Morgan fingerprint density at radius 1 is 0.778 bits per heavy atom. The zero-order valence-corrected chi connectivity index (χ0v) is 28.5. The molecule has 1 aliphatic rings. The normalized spacial score (nSPS) is 12.2. The Balaban J connectivity index is 0.000000210. The molecule has 15 heteroatoms. The summed E-state index contributed by atoms with van der Waals surface area (Å²) in [5.41, 5.74) is 1.71. The van der Waals surface area contributed by atoms with E-state index in [-0.39, 0.29) is 21.8 Å². The Labute approximate surface area is 291 Å². The third-order valence-electron chi connectivity index (χ3n) is 6.23. The SMILES string of the molecule is O=C(NOCC1CC1)c1ccc(F)c(F)c1Nc1ccc(I)cc1Cl.O=C(O)c1ccc(F)c(F)c1Nc1ccc(I)cc1Cl. The molecule has 236 valence electrons. The minimum atomic E-state index is -1.37. The third kappa shape index (κ3) is 9.34. The van der Waals surface area contributed by atoms with Crippen LogP contribution in [0.4, 0.5) is 40.3 Å². The Morgan fingerprint density at radius 3 is 1.69 bits per heavy atom. The highest BCUT2D eigenvalue weighted by Crippen LogP contribution is 2.33. The van der Waals surface area contributed by atoms with Gasteiger partial charge in [-0.3, -0.25) is 9.63 Å². The monoisotopic (exact) mass is 887 g/mol. The van der Waals surface area contributed by atoms with E-state index in [9.17, 15) is 27.2 Å². The number of benzene rings is 4. The van der Waals surface area contributed by atoms with Gasteiger partial charge in [0.15, 0.2) is 23.3 Å². The summed E-state index contributed by atoms with van der Waals surface area (Å²) in [6.45, 7) is 0.404. The van der Waals surface area contributed by atoms with Crippen LogP contribution in [0.5, 0.6) is 0 Å². The maximum absolute atomic E-state index is 14.3. The van der Waals surface area contributed by atoms with Crippen LogP contribution < -0.4 is 16.1 Å². The zero-order valence-electron chi connectivity index (χ0n) is 22.7. The van der Waals surface area contributed by atoms with Crippen LogP contribution >= 0.6 is 68.4 Å². The summed E-state index contributed by atoms with van der Waals surface area (Å²) in [6.07, 6.45) is 2.14. The van der Waals surface area contributed by atoms with Crippen molar-refractivity contribution in [1.29, 1.82) is 0 Å². The number of aromatic carboxylic acids is 1. The Hall–Kier alpha value is -2.86. The molecule has 0 aliphatic heterocycles. The molecule has 4 aromatic carbocycles. The van der Waals surface area contributed by atoms with Crippen molar-refractivity contribution in [2.45, 2.75) is 12.8 Å². The topological polar surface area (TPSA) is 99.7 Å². The van der Waals surface area contributed by atoms with Crippen LogP contribution in [-0.4, -0.2) is 23.6 Å². The van der Waals surface area contributed by atoms with Crippen molar-refractivity contribution in [2.75, 3.05) is 17.2 Å². The molecule has 0 unspecified atom stereocenters. The minimum absolute atomic E-state index is 0.0793. The molecule has 0 heterocycles. The molecule has 4 aromatic rings. The summed E-state index contributed by atoms with van der Waals surface area (Å²) in [7, 11) is 0. The highest BCUT2D eigenvalue weighted by molar-refractivity contribution is 14.1. The number of hydrogen-bond donors (Lipinski definition) is 4. The van der Waals surface area contributed by atoms with Gasteiger partial charge in [-0.15, -0.1) is 0 Å². The Bertz CT molecular complexity index is 1760. The van der Waals surface area contributed by atoms with Crippen LogP contribution in [-0.2, 0) is 4.84 Å². The molecule has 1 fully saturated rings. The molecule has 7 nitrogen and oxygen atoms in total. The van der Waals surface area contributed by atoms with Gasteiger partial charge < -0.3 is 15.7 Å². The summed E-state index contributed by atoms with van der Waals surface area (Å²) in [6, 6.07) is 13.8. The van der Waals surface area contributed by atoms with Gasteiger partial charge in [0, 0.05) is 7.14 Å². The predicted molar refractivity (Wildman–Crippen MR) is 181 cm³/mol. The maximum Gasteiger partial charge on any atom is 0.337 e. The summed E-state index contributed by atoms with van der Waals surface area (Å²) in [5, 5.41) is 14.8. The quantitative estimate of drug-likeness (QED) is 0.0760. The molecule has 4 N–H and O–H groups in total. The molecule has 0 spiro atoms. The first kappa shape index (κ1) is 35.0. The molecule has 0 aromatic heterocycles. The minimum Gasteiger partial charge on any atom is -0.478 e. The van der Waals surface area contributed by atoms with Gasteiger partial charge in [-0.2, -0.15) is 0 Å². The fraction of sp³-hybridized carbons (Fsp3) is 0.133. The van der Waals surface area contributed by atoms with Crippen molar-refractivity contribution in [2.24, 2.45) is 5.92 Å². The van der Waals surface area contributed by atoms with Gasteiger partial charge in [0.25, 0.3) is 5.91 Å². The van der Waals surface area contributed by atoms with E-state index in [1.807, 2.05) is 22.6 Å². The zero-order chi connectivity index (χ0) is 32.8. The molecule has 0 atom stereocenters. The first-order chi connectivity index (χ1) is 21.3. The van der Waals surface area contributed by atoms with Crippen LogP contribution in [0, 0.1) is 36.3 Å². The summed E-state index contributed by atoms with van der Waals surface area (Å²) >= 11 is 16.2. The third-order valence-corrected chi connectivity index (χ3v) is 8.19. The van der Waals surface area contributed by atoms with Crippen molar-refractivity contribution in [1.82, 2.24) is 5.48 Å². The molecule has 0 saturated heterocycles. The second-order valence-corrected chi connectivity index (χ2v) is 12.9. The fourth-order valence-electron chi connectivity index (χ4n) is 3.73. The first-order valence-electron chi connectivity index (χ1n) is 12.9. The number of carboxylic acids is 1. The van der Waals surface area contributed by atoms with Crippen molar-refractivity contribution < 1.29 is 37.1 Å². The lowest BCUT2D eigenvalue weighted by Gasteiger charge is -2.15. The van der Waals surface area contributed by atoms with E-state index >= 15 is 0 Å². The van der Waals surface area contributed by atoms with Crippen LogP contribution in [0.25, 0.3) is 0 Å². The number of rotatable bonds is 9. The number of amides is 1. The van der Waals surface area contributed by atoms with Crippen LogP contribution in [0.2, 0.25) is 10.0 Å². The number of hydroxylamine groups is 1. The van der Waals surface area contributed by atoms with E-state index in [1.54, 1.807) is 36.4 Å². The summed E-state index contributed by atoms with van der Waals surface area (Å²) in [4.78, 5) is 28.4. The number of carbonyl (C=O) groups excluding carboxylic acids is 1. The average molecular weight is 888 g/mol. The molecule has 0 bridgehead atoms. The van der Waals surface area contributed by atoms with E-state index in [0.717, 1.165) is 38.2 Å². The van der Waals surface area contributed by atoms with Gasteiger partial charge >= 0.3 is 5.97 Å². The van der Waals surface area contributed by atoms with Crippen molar-refractivity contribution in [3.05, 3.63) is 112 Å². The number of halogens is 8. The van der Waals surface area contributed by atoms with Crippen LogP contribution in [0.1, 0.15) is 33.6 Å². The van der Waals surface area contributed by atoms with E-state index in [1.165, 1.54) is 6.07 Å². The Kier molecular flexibility index (Phi) is 12.2. The molecule has 1 amide bonds. The lowest BCUT2D eigenvalue weighted by Crippen LogP contribution is -2.26. The second kappa shape index (κ2) is 15.6. The molecule has 1 aliphatic carbocycles. The highest BCUT2D eigenvalue weighted by atomic mass is 127. The summed E-state index contributed by atoms with van der Waals surface area (Å²) < 4.78 is 56.7. The van der Waals surface area contributed by atoms with E-state index < -0.39 is 40.8 Å². The fourth-order valence-corrected chi connectivity index (χ4v) is 5.53. The average Bonchev–Trinajstić information content (AvgIpc) is 3.81. The smallest absolute Gasteiger partial charge is 0.337 e. The van der Waals surface area contributed by atoms with Crippen LogP contribution in [0.15, 0.2) is 60.7 Å². The lowest BCUT2D eigenvalue weighted by atomic mass is 10.1. The van der Waals surface area contributed by atoms with Gasteiger partial charge in [0.2, 0.25) is 0 Å². The second-order valence-electron chi connectivity index (χ2n) is 9.56. The van der Waals surface area contributed by atoms with Gasteiger partial charge in [-0.1, -0.05) is 23.2 Å². The number of nitrogens with one attached hydrogen (secondary N) is 3. The molecule has 45 heavy (non-hydrogen) atoms. The maximum atomic E-state index is 14.3. The standard InChI is InChI=1S/C17H14ClF2IN2O2.C13H7ClF2INO2/c18-12-7-10(21)3-6-14(12)22-16-11(4-5-13(19)15(16)20)17(24)23-25-8-9-1-2-9;14-8-5-6(17)1-4-10(8)18-12-7(13(19)20)2-3-9(15)11(12)16/h3-7,9,22H,1-2,8H2,(H,23,24);1-5,18H,(H,19,20). The van der Waals surface area contributed by atoms with E-state index in [2.05, 4.69) is 38.7 Å². The van der Waals surface area contributed by atoms with Gasteiger partial charge in [0.1, 0.15) is 0 Å². The molecule has 5 rings (SSSR count). The number of anilines is 4. The molecular formula is C30H21Cl2F4I2N3O4. The van der Waals surface area contributed by atoms with E-state index in [0.29, 0.717) is 28.9 Å². The van der Waals surface area contributed by atoms with Crippen LogP contribution in [0.3, 0.4) is 0 Å². The van der Waals surface area contributed by atoms with Crippen molar-refractivity contribution in [3.63, 3.8) is 0 Å². The first-order valence-corrected chi connectivity index (χ1v) is 15.8. The van der Waals surface area contributed by atoms with Gasteiger partial charge in [0.05, 0.1) is 50.5 Å². The number of carboxylic acid groups (broad SMARTS) is 1. The summed E-state index contributed by atoms with van der Waals surface area (Å²) in [5.74, 6) is -6.21.